The van der Waals surface area contributed by atoms with Gasteiger partial charge in [-0.1, -0.05) is 30.3 Å². The van der Waals surface area contributed by atoms with E-state index in [-0.39, 0.29) is 24.3 Å². The van der Waals surface area contributed by atoms with Crippen molar-refractivity contribution in [2.45, 2.75) is 38.2 Å². The van der Waals surface area contributed by atoms with Crippen molar-refractivity contribution in [3.05, 3.63) is 65.7 Å². The lowest BCUT2D eigenvalue weighted by Crippen LogP contribution is -2.36. The van der Waals surface area contributed by atoms with E-state index in [1.165, 1.54) is 23.2 Å². The Morgan fingerprint density at radius 3 is 2.77 bits per heavy atom. The number of fused-ring (bicyclic) bond motifs is 1. The van der Waals surface area contributed by atoms with E-state index in [9.17, 15) is 13.2 Å². The third-order valence-electron chi connectivity index (χ3n) is 5.73. The van der Waals surface area contributed by atoms with Crippen LogP contribution >= 0.6 is 0 Å². The van der Waals surface area contributed by atoms with Gasteiger partial charge in [0, 0.05) is 19.2 Å². The highest BCUT2D eigenvalue weighted by Crippen LogP contribution is 2.30. The molecule has 0 spiro atoms. The number of carbonyl (C=O) groups excluding carboxylic acids is 1. The van der Waals surface area contributed by atoms with E-state index < -0.39 is 10.0 Å². The topological polar surface area (TPSA) is 75.7 Å². The lowest BCUT2D eigenvalue weighted by Gasteiger charge is -2.19. The van der Waals surface area contributed by atoms with E-state index >= 15 is 0 Å². The number of benzene rings is 2. The summed E-state index contributed by atoms with van der Waals surface area (Å²) in [5.74, 6) is 0.358. The highest BCUT2D eigenvalue weighted by molar-refractivity contribution is 7.92. The summed E-state index contributed by atoms with van der Waals surface area (Å²) in [4.78, 5) is 12.1. The van der Waals surface area contributed by atoms with Crippen molar-refractivity contribution in [3.8, 4) is 5.75 Å². The zero-order chi connectivity index (χ0) is 21.7. The highest BCUT2D eigenvalue weighted by atomic mass is 32.2. The highest BCUT2D eigenvalue weighted by Gasteiger charge is 2.28. The van der Waals surface area contributed by atoms with Crippen LogP contribution in [0.5, 0.6) is 5.75 Å². The summed E-state index contributed by atoms with van der Waals surface area (Å²) in [5.41, 5.74) is 2.65. The fourth-order valence-electron chi connectivity index (χ4n) is 4.13. The van der Waals surface area contributed by atoms with Crippen LogP contribution in [0.25, 0.3) is 6.08 Å². The van der Waals surface area contributed by atoms with Gasteiger partial charge in [-0.2, -0.15) is 0 Å². The quantitative estimate of drug-likeness (QED) is 0.637. The van der Waals surface area contributed by atoms with E-state index in [0.717, 1.165) is 35.4 Å². The van der Waals surface area contributed by atoms with Crippen LogP contribution in [0.2, 0.25) is 0 Å². The molecule has 2 aromatic carbocycles. The van der Waals surface area contributed by atoms with Crippen molar-refractivity contribution in [3.63, 3.8) is 0 Å². The second-order valence-electron chi connectivity index (χ2n) is 7.99. The molecule has 1 aliphatic heterocycles. The van der Waals surface area contributed by atoms with Gasteiger partial charge in [0.1, 0.15) is 5.75 Å². The molecule has 2 aliphatic rings. The van der Waals surface area contributed by atoms with Gasteiger partial charge in [0.15, 0.2) is 0 Å². The van der Waals surface area contributed by atoms with E-state index in [1.54, 1.807) is 6.08 Å². The molecule has 4 rings (SSSR count). The molecule has 31 heavy (non-hydrogen) atoms. The minimum absolute atomic E-state index is 0.0645. The standard InChI is InChI=1S/C24H28N2O4S/c27-24(13-12-19-6-5-10-22(18-19)30-21-8-2-3-9-21)25-15-17-31(28,29)26-16-14-20-7-1-4-11-23(20)26/h1,4-7,10-13,18,21H,2-3,8-9,14-17H2,(H,25,27)/b13-12+. The first-order chi connectivity index (χ1) is 15.0. The smallest absolute Gasteiger partial charge is 0.244 e. The molecular formula is C24H28N2O4S. The summed E-state index contributed by atoms with van der Waals surface area (Å²) in [6.45, 7) is 0.518. The summed E-state index contributed by atoms with van der Waals surface area (Å²) in [6, 6.07) is 15.2. The lowest BCUT2D eigenvalue weighted by molar-refractivity contribution is -0.116. The fraction of sp³-hybridized carbons (Fsp3) is 0.375. The summed E-state index contributed by atoms with van der Waals surface area (Å²) in [7, 11) is -3.48. The maximum Gasteiger partial charge on any atom is 0.244 e. The van der Waals surface area contributed by atoms with Crippen LogP contribution in [-0.2, 0) is 21.2 Å². The molecule has 0 unspecified atom stereocenters. The number of nitrogens with zero attached hydrogens (tertiary/aromatic N) is 1. The molecule has 1 amide bonds. The Kier molecular flexibility index (Phi) is 6.61. The van der Waals surface area contributed by atoms with Crippen LogP contribution in [0.3, 0.4) is 0 Å². The maximum absolute atomic E-state index is 12.7. The molecule has 0 saturated heterocycles. The van der Waals surface area contributed by atoms with Crippen molar-refractivity contribution in [2.24, 2.45) is 0 Å². The minimum atomic E-state index is -3.48. The molecule has 1 N–H and O–H groups in total. The molecule has 0 atom stereocenters. The summed E-state index contributed by atoms with van der Waals surface area (Å²) in [6.07, 6.45) is 8.74. The van der Waals surface area contributed by atoms with Gasteiger partial charge in [0.2, 0.25) is 15.9 Å². The van der Waals surface area contributed by atoms with Crippen molar-refractivity contribution >= 4 is 27.7 Å². The average molecular weight is 441 g/mol. The number of hydrogen-bond acceptors (Lipinski definition) is 4. The Bertz CT molecular complexity index is 1060. The van der Waals surface area contributed by atoms with Crippen LogP contribution in [-0.4, -0.2) is 39.3 Å². The number of carbonyl (C=O) groups is 1. The Morgan fingerprint density at radius 2 is 1.94 bits per heavy atom. The Balaban J connectivity index is 1.27. The fourth-order valence-corrected chi connectivity index (χ4v) is 5.56. The van der Waals surface area contributed by atoms with Gasteiger partial charge in [-0.15, -0.1) is 0 Å². The molecule has 0 bridgehead atoms. The van der Waals surface area contributed by atoms with Crippen molar-refractivity contribution < 1.29 is 17.9 Å². The first-order valence-electron chi connectivity index (χ1n) is 10.8. The van der Waals surface area contributed by atoms with E-state index in [2.05, 4.69) is 5.32 Å². The number of ether oxygens (including phenoxy) is 1. The van der Waals surface area contributed by atoms with E-state index in [0.29, 0.717) is 13.0 Å². The zero-order valence-corrected chi connectivity index (χ0v) is 18.3. The second kappa shape index (κ2) is 9.56. The van der Waals surface area contributed by atoms with E-state index in [1.807, 2.05) is 48.5 Å². The molecule has 0 radical (unpaired) electrons. The summed E-state index contributed by atoms with van der Waals surface area (Å²) in [5, 5.41) is 2.67. The van der Waals surface area contributed by atoms with Crippen LogP contribution < -0.4 is 14.4 Å². The third-order valence-corrected chi connectivity index (χ3v) is 7.50. The number of anilines is 1. The number of amides is 1. The third kappa shape index (κ3) is 5.47. The average Bonchev–Trinajstić information content (AvgIpc) is 3.42. The Labute approximate surface area is 184 Å². The molecule has 1 aliphatic carbocycles. The second-order valence-corrected chi connectivity index (χ2v) is 10.0. The molecule has 7 heteroatoms. The summed E-state index contributed by atoms with van der Waals surface area (Å²) < 4.78 is 32.8. The van der Waals surface area contributed by atoms with Gasteiger partial charge >= 0.3 is 0 Å². The predicted octanol–water partition coefficient (Wildman–Crippen LogP) is 3.53. The molecule has 6 nitrogen and oxygen atoms in total. The monoisotopic (exact) mass is 440 g/mol. The Hall–Kier alpha value is -2.80. The molecule has 164 valence electrons. The molecule has 0 aromatic heterocycles. The van der Waals surface area contributed by atoms with Crippen LogP contribution in [0, 0.1) is 0 Å². The van der Waals surface area contributed by atoms with Gasteiger partial charge in [0.05, 0.1) is 17.5 Å². The van der Waals surface area contributed by atoms with Crippen LogP contribution in [0.15, 0.2) is 54.6 Å². The number of sulfonamides is 1. The Morgan fingerprint density at radius 1 is 1.13 bits per heavy atom. The number of rotatable bonds is 8. The first kappa shape index (κ1) is 21.4. The van der Waals surface area contributed by atoms with Gasteiger partial charge < -0.3 is 10.1 Å². The van der Waals surface area contributed by atoms with Gasteiger partial charge in [-0.3, -0.25) is 9.10 Å². The molecule has 2 aromatic rings. The minimum Gasteiger partial charge on any atom is -0.490 e. The van der Waals surface area contributed by atoms with Gasteiger partial charge in [0.25, 0.3) is 0 Å². The largest absolute Gasteiger partial charge is 0.490 e. The van der Waals surface area contributed by atoms with Crippen molar-refractivity contribution in [1.29, 1.82) is 0 Å². The van der Waals surface area contributed by atoms with Gasteiger partial charge in [-0.05, 0) is 67.5 Å². The predicted molar refractivity (Wildman–Crippen MR) is 123 cm³/mol. The normalized spacial score (nSPS) is 16.6. The molecular weight excluding hydrogens is 412 g/mol. The van der Waals surface area contributed by atoms with Crippen LogP contribution in [0.4, 0.5) is 5.69 Å². The number of nitrogens with one attached hydrogen (secondary N) is 1. The lowest BCUT2D eigenvalue weighted by atomic mass is 10.2. The number of para-hydroxylation sites is 1. The SMILES string of the molecule is O=C(/C=C/c1cccc(OC2CCCC2)c1)NCCS(=O)(=O)N1CCc2ccccc21. The molecule has 1 heterocycles. The first-order valence-corrected chi connectivity index (χ1v) is 12.4. The van der Waals surface area contributed by atoms with E-state index in [4.69, 9.17) is 4.74 Å². The van der Waals surface area contributed by atoms with Crippen LogP contribution in [0.1, 0.15) is 36.8 Å². The van der Waals surface area contributed by atoms with Crippen molar-refractivity contribution in [1.82, 2.24) is 5.32 Å². The van der Waals surface area contributed by atoms with Crippen molar-refractivity contribution in [2.75, 3.05) is 23.1 Å². The van der Waals surface area contributed by atoms with Gasteiger partial charge in [-0.25, -0.2) is 8.42 Å². The molecule has 1 fully saturated rings. The molecule has 1 saturated carbocycles. The zero-order valence-electron chi connectivity index (χ0n) is 17.5. The maximum atomic E-state index is 12.7. The summed E-state index contributed by atoms with van der Waals surface area (Å²) >= 11 is 0. The number of hydrogen-bond donors (Lipinski definition) is 1.